The molecule has 1 aliphatic heterocycles. The Balaban J connectivity index is 2.25. The summed E-state index contributed by atoms with van der Waals surface area (Å²) in [6.45, 7) is 3.50. The summed E-state index contributed by atoms with van der Waals surface area (Å²) in [5.41, 5.74) is 0.560. The lowest BCUT2D eigenvalue weighted by Gasteiger charge is -2.18. The Morgan fingerprint density at radius 1 is 1.75 bits per heavy atom. The van der Waals surface area contributed by atoms with Crippen molar-refractivity contribution in [1.29, 1.82) is 0 Å². The zero-order chi connectivity index (χ0) is 11.5. The van der Waals surface area contributed by atoms with Gasteiger partial charge in [-0.2, -0.15) is 5.10 Å². The average Bonchev–Trinajstić information content (AvgIpc) is 2.96. The summed E-state index contributed by atoms with van der Waals surface area (Å²) in [6.07, 6.45) is 2.45. The second-order valence-corrected chi connectivity index (χ2v) is 4.02. The van der Waals surface area contributed by atoms with Gasteiger partial charge < -0.3 is 10.1 Å². The highest BCUT2D eigenvalue weighted by Gasteiger charge is 2.31. The molecule has 1 aromatic rings. The summed E-state index contributed by atoms with van der Waals surface area (Å²) in [7, 11) is 1.55. The van der Waals surface area contributed by atoms with Crippen LogP contribution in [0.5, 0.6) is 5.75 Å². The van der Waals surface area contributed by atoms with Gasteiger partial charge in [0.2, 0.25) is 0 Å². The van der Waals surface area contributed by atoms with Crippen molar-refractivity contribution >= 4 is 0 Å². The minimum atomic E-state index is -1.04. The zero-order valence-electron chi connectivity index (χ0n) is 9.74. The Labute approximate surface area is 94.8 Å². The maximum Gasteiger partial charge on any atom is 0.163 e. The summed E-state index contributed by atoms with van der Waals surface area (Å²) in [5, 5.41) is 7.30. The summed E-state index contributed by atoms with van der Waals surface area (Å²) in [5.74, 6) is 0.544. The van der Waals surface area contributed by atoms with Crippen molar-refractivity contribution in [2.24, 2.45) is 0 Å². The number of rotatable bonds is 4. The number of nitrogens with one attached hydrogen (secondary N) is 1. The first-order chi connectivity index (χ1) is 7.77. The number of hydrogen-bond donors (Lipinski definition) is 1. The fourth-order valence-electron chi connectivity index (χ4n) is 2.22. The molecule has 5 heteroatoms. The number of aromatic nitrogens is 2. The van der Waals surface area contributed by atoms with E-state index in [1.807, 2.05) is 6.92 Å². The highest BCUT2D eigenvalue weighted by Crippen LogP contribution is 2.32. The Hall–Kier alpha value is -1.10. The topological polar surface area (TPSA) is 39.1 Å². The van der Waals surface area contributed by atoms with Gasteiger partial charge in [-0.15, -0.1) is 0 Å². The summed E-state index contributed by atoms with van der Waals surface area (Å²) in [6, 6.07) is -0.101. The van der Waals surface area contributed by atoms with Gasteiger partial charge in [-0.1, -0.05) is 0 Å². The molecule has 0 aromatic carbocycles. The van der Waals surface area contributed by atoms with Gasteiger partial charge in [-0.05, 0) is 26.3 Å². The van der Waals surface area contributed by atoms with Crippen LogP contribution in [0.25, 0.3) is 0 Å². The number of nitrogens with zero attached hydrogens (tertiary/aromatic N) is 2. The van der Waals surface area contributed by atoms with Crippen molar-refractivity contribution in [3.05, 3.63) is 11.9 Å². The van der Waals surface area contributed by atoms with Gasteiger partial charge in [-0.3, -0.25) is 4.68 Å². The van der Waals surface area contributed by atoms with Crippen LogP contribution < -0.4 is 10.1 Å². The molecule has 1 N–H and O–H groups in total. The van der Waals surface area contributed by atoms with Crippen LogP contribution in [-0.2, 0) is 6.54 Å². The van der Waals surface area contributed by atoms with Gasteiger partial charge in [0.1, 0.15) is 5.69 Å². The predicted molar refractivity (Wildman–Crippen MR) is 59.3 cm³/mol. The Morgan fingerprint density at radius 3 is 3.12 bits per heavy atom. The number of methoxy groups -OCH3 is 1. The van der Waals surface area contributed by atoms with E-state index < -0.39 is 6.17 Å². The summed E-state index contributed by atoms with van der Waals surface area (Å²) < 4.78 is 21.2. The third-order valence-electron chi connectivity index (χ3n) is 3.08. The van der Waals surface area contributed by atoms with Crippen LogP contribution in [0.1, 0.15) is 31.6 Å². The average molecular weight is 227 g/mol. The molecule has 1 saturated heterocycles. The second-order valence-electron chi connectivity index (χ2n) is 4.02. The predicted octanol–water partition coefficient (Wildman–Crippen LogP) is 1.67. The molecular weight excluding hydrogens is 209 g/mol. The molecule has 0 saturated carbocycles. The standard InChI is InChI=1S/C11H18FN3O/c1-3-15-11(9(16-2)7-14-15)10(12)8-5-4-6-13-8/h7-8,10,13H,3-6H2,1-2H3. The number of ether oxygens (including phenoxy) is 1. The van der Waals surface area contributed by atoms with Crippen LogP contribution in [0, 0.1) is 0 Å². The Bertz CT molecular complexity index is 325. The van der Waals surface area contributed by atoms with E-state index in [4.69, 9.17) is 4.74 Å². The first-order valence-electron chi connectivity index (χ1n) is 5.75. The van der Waals surface area contributed by atoms with E-state index >= 15 is 0 Å². The van der Waals surface area contributed by atoms with E-state index in [1.54, 1.807) is 18.0 Å². The Kier molecular flexibility index (Phi) is 3.43. The quantitative estimate of drug-likeness (QED) is 0.850. The molecule has 16 heavy (non-hydrogen) atoms. The molecule has 90 valence electrons. The molecule has 4 nitrogen and oxygen atoms in total. The third-order valence-corrected chi connectivity index (χ3v) is 3.08. The van der Waals surface area contributed by atoms with Crippen molar-refractivity contribution in [1.82, 2.24) is 15.1 Å². The molecule has 2 unspecified atom stereocenters. The first-order valence-corrected chi connectivity index (χ1v) is 5.75. The fourth-order valence-corrected chi connectivity index (χ4v) is 2.22. The van der Waals surface area contributed by atoms with E-state index in [0.717, 1.165) is 19.4 Å². The maximum atomic E-state index is 14.4. The monoisotopic (exact) mass is 227 g/mol. The van der Waals surface area contributed by atoms with Gasteiger partial charge in [0, 0.05) is 12.6 Å². The largest absolute Gasteiger partial charge is 0.493 e. The highest BCUT2D eigenvalue weighted by atomic mass is 19.1. The number of hydrogen-bond acceptors (Lipinski definition) is 3. The molecule has 2 rings (SSSR count). The zero-order valence-corrected chi connectivity index (χ0v) is 9.74. The van der Waals surface area contributed by atoms with Gasteiger partial charge in [0.25, 0.3) is 0 Å². The van der Waals surface area contributed by atoms with Crippen LogP contribution >= 0.6 is 0 Å². The number of alkyl halides is 1. The molecule has 1 aromatic heterocycles. The SMILES string of the molecule is CCn1ncc(OC)c1C(F)C1CCCN1. The molecule has 2 atom stereocenters. The Morgan fingerprint density at radius 2 is 2.56 bits per heavy atom. The molecule has 0 spiro atoms. The van der Waals surface area contributed by atoms with Crippen molar-refractivity contribution in [3.8, 4) is 5.75 Å². The molecule has 2 heterocycles. The molecule has 1 aliphatic rings. The first kappa shape index (κ1) is 11.4. The maximum absolute atomic E-state index is 14.4. The van der Waals surface area contributed by atoms with Crippen LogP contribution in [0.2, 0.25) is 0 Å². The van der Waals surface area contributed by atoms with Gasteiger partial charge in [0.05, 0.1) is 13.3 Å². The molecule has 0 radical (unpaired) electrons. The van der Waals surface area contributed by atoms with Crippen molar-refractivity contribution in [3.63, 3.8) is 0 Å². The molecule has 0 amide bonds. The lowest BCUT2D eigenvalue weighted by Crippen LogP contribution is -2.28. The van der Waals surface area contributed by atoms with E-state index in [9.17, 15) is 4.39 Å². The molecule has 0 aliphatic carbocycles. The van der Waals surface area contributed by atoms with Crippen LogP contribution in [-0.4, -0.2) is 29.5 Å². The van der Waals surface area contributed by atoms with E-state index in [0.29, 0.717) is 18.0 Å². The molecular formula is C11H18FN3O. The number of halogens is 1. The molecule has 1 fully saturated rings. The fraction of sp³-hybridized carbons (Fsp3) is 0.727. The lowest BCUT2D eigenvalue weighted by atomic mass is 10.1. The molecule has 0 bridgehead atoms. The van der Waals surface area contributed by atoms with Gasteiger partial charge in [-0.25, -0.2) is 4.39 Å². The van der Waals surface area contributed by atoms with E-state index in [-0.39, 0.29) is 6.04 Å². The minimum Gasteiger partial charge on any atom is -0.493 e. The van der Waals surface area contributed by atoms with Crippen LogP contribution in [0.15, 0.2) is 6.20 Å². The van der Waals surface area contributed by atoms with Crippen molar-refractivity contribution in [2.45, 2.75) is 38.5 Å². The van der Waals surface area contributed by atoms with Gasteiger partial charge >= 0.3 is 0 Å². The van der Waals surface area contributed by atoms with Crippen molar-refractivity contribution in [2.75, 3.05) is 13.7 Å². The summed E-state index contributed by atoms with van der Waals surface area (Å²) >= 11 is 0. The summed E-state index contributed by atoms with van der Waals surface area (Å²) in [4.78, 5) is 0. The van der Waals surface area contributed by atoms with Gasteiger partial charge in [0.15, 0.2) is 11.9 Å². The smallest absolute Gasteiger partial charge is 0.163 e. The van der Waals surface area contributed by atoms with Crippen LogP contribution in [0.4, 0.5) is 4.39 Å². The van der Waals surface area contributed by atoms with Crippen molar-refractivity contribution < 1.29 is 9.13 Å². The minimum absolute atomic E-state index is 0.101. The third kappa shape index (κ3) is 1.91. The normalized spacial score (nSPS) is 22.3. The second kappa shape index (κ2) is 4.82. The van der Waals surface area contributed by atoms with E-state index in [1.165, 1.54) is 0 Å². The van der Waals surface area contributed by atoms with E-state index in [2.05, 4.69) is 10.4 Å². The van der Waals surface area contributed by atoms with Crippen LogP contribution in [0.3, 0.4) is 0 Å². The lowest BCUT2D eigenvalue weighted by molar-refractivity contribution is 0.246. The number of aryl methyl sites for hydroxylation is 1. The highest BCUT2D eigenvalue weighted by molar-refractivity contribution is 5.28.